The molecule has 2 unspecified atom stereocenters. The summed E-state index contributed by atoms with van der Waals surface area (Å²) in [6.45, 7) is 5.19. The van der Waals surface area contributed by atoms with Crippen molar-refractivity contribution in [1.29, 1.82) is 0 Å². The third-order valence-electron chi connectivity index (χ3n) is 2.84. The first-order chi connectivity index (χ1) is 7.12. The second kappa shape index (κ2) is 4.35. The van der Waals surface area contributed by atoms with Crippen LogP contribution in [-0.2, 0) is 4.79 Å². The molecule has 0 spiro atoms. The van der Waals surface area contributed by atoms with Crippen molar-refractivity contribution >= 4 is 5.78 Å². The first-order valence-electron chi connectivity index (χ1n) is 5.49. The van der Waals surface area contributed by atoms with Crippen LogP contribution in [0.25, 0.3) is 0 Å². The number of rotatable bonds is 1. The Balaban J connectivity index is 2.68. The number of hydrogen-bond acceptors (Lipinski definition) is 2. The summed E-state index contributed by atoms with van der Waals surface area (Å²) in [5.74, 6) is -0.138. The minimum Gasteiger partial charge on any atom is -0.297 e. The second-order valence-electron chi connectivity index (χ2n) is 5.36. The summed E-state index contributed by atoms with van der Waals surface area (Å²) in [4.78, 5) is 11.9. The molecule has 5 heteroatoms. The van der Waals surface area contributed by atoms with Gasteiger partial charge in [-0.3, -0.25) is 10.1 Å². The zero-order chi connectivity index (χ0) is 12.6. The quantitative estimate of drug-likeness (QED) is 0.759. The van der Waals surface area contributed by atoms with Gasteiger partial charge >= 0.3 is 6.18 Å². The molecule has 0 aromatic carbocycles. The molecule has 1 aliphatic rings. The van der Waals surface area contributed by atoms with Crippen molar-refractivity contribution < 1.29 is 18.0 Å². The van der Waals surface area contributed by atoms with Crippen molar-refractivity contribution in [2.24, 2.45) is 5.41 Å². The van der Waals surface area contributed by atoms with Gasteiger partial charge in [-0.05, 0) is 19.3 Å². The van der Waals surface area contributed by atoms with E-state index in [1.807, 2.05) is 0 Å². The van der Waals surface area contributed by atoms with Gasteiger partial charge < -0.3 is 0 Å². The molecule has 2 atom stereocenters. The lowest BCUT2D eigenvalue weighted by Crippen LogP contribution is -2.55. The maximum atomic E-state index is 12.5. The number of Topliss-reactive ketones (excluding diaryl/α,β-unsaturated/α-hetero) is 1. The molecule has 1 heterocycles. The molecule has 1 saturated heterocycles. The fraction of sp³-hybridized carbons (Fsp3) is 0.909. The SMILES string of the molecule is CC(C)(C)C(=O)C1CCCC(C(F)(F)F)N1. The summed E-state index contributed by atoms with van der Waals surface area (Å²) in [5, 5.41) is 2.43. The van der Waals surface area contributed by atoms with Crippen LogP contribution in [0.4, 0.5) is 13.2 Å². The van der Waals surface area contributed by atoms with Crippen LogP contribution in [0.15, 0.2) is 0 Å². The van der Waals surface area contributed by atoms with Crippen molar-refractivity contribution in [2.75, 3.05) is 0 Å². The highest BCUT2D eigenvalue weighted by molar-refractivity contribution is 5.88. The maximum absolute atomic E-state index is 12.5. The van der Waals surface area contributed by atoms with Gasteiger partial charge in [0.25, 0.3) is 0 Å². The minimum absolute atomic E-state index is 0.0669. The molecule has 0 bridgehead atoms. The lowest BCUT2D eigenvalue weighted by atomic mass is 9.82. The molecule has 1 N–H and O–H groups in total. The van der Waals surface area contributed by atoms with Crippen LogP contribution in [0.3, 0.4) is 0 Å². The first kappa shape index (κ1) is 13.5. The largest absolute Gasteiger partial charge is 0.403 e. The van der Waals surface area contributed by atoms with E-state index in [2.05, 4.69) is 5.32 Å². The summed E-state index contributed by atoms with van der Waals surface area (Å²) in [5.41, 5.74) is -0.592. The van der Waals surface area contributed by atoms with Crippen LogP contribution in [0.1, 0.15) is 40.0 Å². The van der Waals surface area contributed by atoms with Crippen LogP contribution in [0, 0.1) is 5.41 Å². The highest BCUT2D eigenvalue weighted by atomic mass is 19.4. The third-order valence-corrected chi connectivity index (χ3v) is 2.84. The van der Waals surface area contributed by atoms with Crippen LogP contribution < -0.4 is 5.32 Å². The Hall–Kier alpha value is -0.580. The Bertz CT molecular complexity index is 267. The molecule has 0 aliphatic carbocycles. The smallest absolute Gasteiger partial charge is 0.297 e. The molecule has 0 aromatic rings. The Kier molecular flexibility index (Phi) is 3.67. The monoisotopic (exact) mass is 237 g/mol. The minimum atomic E-state index is -4.25. The second-order valence-corrected chi connectivity index (χ2v) is 5.36. The number of carbonyl (C=O) groups excluding carboxylic acids is 1. The van der Waals surface area contributed by atoms with Crippen molar-refractivity contribution in [3.05, 3.63) is 0 Å². The van der Waals surface area contributed by atoms with Crippen molar-refractivity contribution in [2.45, 2.75) is 58.3 Å². The third kappa shape index (κ3) is 3.20. The van der Waals surface area contributed by atoms with E-state index in [-0.39, 0.29) is 12.2 Å². The molecule has 1 rings (SSSR count). The molecule has 0 amide bonds. The van der Waals surface area contributed by atoms with Crippen molar-refractivity contribution in [3.63, 3.8) is 0 Å². The zero-order valence-corrected chi connectivity index (χ0v) is 9.82. The number of alkyl halides is 3. The van der Waals surface area contributed by atoms with Crippen LogP contribution in [0.5, 0.6) is 0 Å². The van der Waals surface area contributed by atoms with Crippen molar-refractivity contribution in [1.82, 2.24) is 5.32 Å². The van der Waals surface area contributed by atoms with E-state index in [1.165, 1.54) is 0 Å². The van der Waals surface area contributed by atoms with Gasteiger partial charge in [-0.25, -0.2) is 0 Å². The molecule has 0 aromatic heterocycles. The summed E-state index contributed by atoms with van der Waals surface area (Å²) < 4.78 is 37.5. The van der Waals surface area contributed by atoms with Gasteiger partial charge in [-0.1, -0.05) is 20.8 Å². The number of nitrogens with one attached hydrogen (secondary N) is 1. The predicted molar refractivity (Wildman–Crippen MR) is 55.1 cm³/mol. The van der Waals surface area contributed by atoms with E-state index >= 15 is 0 Å². The average molecular weight is 237 g/mol. The van der Waals surface area contributed by atoms with Crippen LogP contribution >= 0.6 is 0 Å². The Labute approximate surface area is 93.6 Å². The van der Waals surface area contributed by atoms with E-state index in [0.29, 0.717) is 12.8 Å². The van der Waals surface area contributed by atoms with Gasteiger partial charge in [0, 0.05) is 5.41 Å². The molecule has 16 heavy (non-hydrogen) atoms. The van der Waals surface area contributed by atoms with Gasteiger partial charge in [-0.2, -0.15) is 13.2 Å². The normalized spacial score (nSPS) is 27.9. The zero-order valence-electron chi connectivity index (χ0n) is 9.82. The molecule has 2 nitrogen and oxygen atoms in total. The maximum Gasteiger partial charge on any atom is 0.403 e. The highest BCUT2D eigenvalue weighted by Gasteiger charge is 2.44. The Morgan fingerprint density at radius 1 is 1.19 bits per heavy atom. The topological polar surface area (TPSA) is 29.1 Å². The Morgan fingerprint density at radius 2 is 1.75 bits per heavy atom. The molecule has 0 radical (unpaired) electrons. The highest BCUT2D eigenvalue weighted by Crippen LogP contribution is 2.30. The van der Waals surface area contributed by atoms with Gasteiger partial charge in [0.05, 0.1) is 6.04 Å². The van der Waals surface area contributed by atoms with Gasteiger partial charge in [0.1, 0.15) is 6.04 Å². The molecule has 94 valence electrons. The van der Waals surface area contributed by atoms with E-state index in [4.69, 9.17) is 0 Å². The number of carbonyl (C=O) groups is 1. The van der Waals surface area contributed by atoms with E-state index in [0.717, 1.165) is 0 Å². The fourth-order valence-corrected chi connectivity index (χ4v) is 1.92. The molecular weight excluding hydrogens is 219 g/mol. The van der Waals surface area contributed by atoms with E-state index < -0.39 is 23.7 Å². The number of piperidine rings is 1. The molecule has 0 saturated carbocycles. The van der Waals surface area contributed by atoms with Crippen LogP contribution in [-0.4, -0.2) is 24.0 Å². The Morgan fingerprint density at radius 3 is 2.19 bits per heavy atom. The lowest BCUT2D eigenvalue weighted by Gasteiger charge is -2.34. The summed E-state index contributed by atoms with van der Waals surface area (Å²) in [7, 11) is 0. The lowest BCUT2D eigenvalue weighted by molar-refractivity contribution is -0.165. The molecule has 1 aliphatic heterocycles. The number of ketones is 1. The van der Waals surface area contributed by atoms with Gasteiger partial charge in [0.15, 0.2) is 5.78 Å². The van der Waals surface area contributed by atoms with Gasteiger partial charge in [-0.15, -0.1) is 0 Å². The van der Waals surface area contributed by atoms with Crippen LogP contribution in [0.2, 0.25) is 0 Å². The standard InChI is InChI=1S/C11H18F3NO/c1-10(2,3)9(16)7-5-4-6-8(15-7)11(12,13)14/h7-8,15H,4-6H2,1-3H3. The fourth-order valence-electron chi connectivity index (χ4n) is 1.92. The summed E-state index contributed by atoms with van der Waals surface area (Å²) in [6, 6.07) is -2.18. The number of hydrogen-bond donors (Lipinski definition) is 1. The average Bonchev–Trinajstić information content (AvgIpc) is 2.14. The molecule has 1 fully saturated rings. The van der Waals surface area contributed by atoms with E-state index in [9.17, 15) is 18.0 Å². The predicted octanol–water partition coefficient (Wildman–Crippen LogP) is 2.67. The summed E-state index contributed by atoms with van der Waals surface area (Å²) in [6.07, 6.45) is -3.24. The van der Waals surface area contributed by atoms with Gasteiger partial charge in [0.2, 0.25) is 0 Å². The number of halogens is 3. The first-order valence-corrected chi connectivity index (χ1v) is 5.49. The molecular formula is C11H18F3NO. The van der Waals surface area contributed by atoms with Crippen molar-refractivity contribution in [3.8, 4) is 0 Å². The summed E-state index contributed by atoms with van der Waals surface area (Å²) >= 11 is 0. The van der Waals surface area contributed by atoms with E-state index in [1.54, 1.807) is 20.8 Å².